The first-order chi connectivity index (χ1) is 8.59. The number of nitrogens with one attached hydrogen (secondary N) is 1. The summed E-state index contributed by atoms with van der Waals surface area (Å²) in [6, 6.07) is 2.51. The molecule has 4 nitrogen and oxygen atoms in total. The quantitative estimate of drug-likeness (QED) is 0.808. The maximum absolute atomic E-state index is 5.77. The van der Waals surface area contributed by atoms with Crippen LogP contribution in [0.15, 0.2) is 12.3 Å². The van der Waals surface area contributed by atoms with Gasteiger partial charge in [0.25, 0.3) is 0 Å². The monoisotopic (exact) mass is 264 g/mol. The van der Waals surface area contributed by atoms with Crippen molar-refractivity contribution in [2.45, 2.75) is 25.8 Å². The molecular weight excluding hydrogens is 244 g/mol. The Kier molecular flexibility index (Phi) is 4.14. The highest BCUT2D eigenvalue weighted by atomic mass is 32.1. The van der Waals surface area contributed by atoms with E-state index in [1.165, 1.54) is 19.4 Å². The number of hydrogen-bond donors (Lipinski definition) is 2. The second kappa shape index (κ2) is 5.63. The second-order valence-corrected chi connectivity index (χ2v) is 5.31. The average Bonchev–Trinajstić information content (AvgIpc) is 2.71. The fraction of sp³-hybridized carbons (Fsp3) is 0.538. The predicted octanol–water partition coefficient (Wildman–Crippen LogP) is 1.53. The van der Waals surface area contributed by atoms with Crippen LogP contribution in [0.25, 0.3) is 0 Å². The molecule has 5 heteroatoms. The van der Waals surface area contributed by atoms with Gasteiger partial charge in [0.15, 0.2) is 0 Å². The van der Waals surface area contributed by atoms with Gasteiger partial charge in [-0.05, 0) is 45.0 Å². The number of nitrogens with zero attached hydrogens (tertiary/aromatic N) is 2. The zero-order valence-electron chi connectivity index (χ0n) is 10.9. The Hall–Kier alpha value is -1.20. The lowest BCUT2D eigenvalue weighted by atomic mass is 10.1. The number of aromatic nitrogens is 1. The highest BCUT2D eigenvalue weighted by molar-refractivity contribution is 7.80. The van der Waals surface area contributed by atoms with Gasteiger partial charge in [-0.2, -0.15) is 0 Å². The molecule has 0 aromatic carbocycles. The van der Waals surface area contributed by atoms with Crippen LogP contribution >= 0.6 is 12.2 Å². The molecule has 1 aliphatic heterocycles. The van der Waals surface area contributed by atoms with Crippen LogP contribution in [0.3, 0.4) is 0 Å². The summed E-state index contributed by atoms with van der Waals surface area (Å²) in [7, 11) is 2.16. The molecule has 3 N–H and O–H groups in total. The topological polar surface area (TPSA) is 54.2 Å². The minimum atomic E-state index is 0.405. The lowest BCUT2D eigenvalue weighted by Crippen LogP contribution is -2.32. The third-order valence-corrected chi connectivity index (χ3v) is 3.79. The normalized spacial score (nSPS) is 20.0. The fourth-order valence-electron chi connectivity index (χ4n) is 2.45. The van der Waals surface area contributed by atoms with Crippen molar-refractivity contribution in [2.24, 2.45) is 5.73 Å². The van der Waals surface area contributed by atoms with Gasteiger partial charge in [0.1, 0.15) is 10.8 Å². The van der Waals surface area contributed by atoms with Gasteiger partial charge in [0.05, 0.1) is 5.56 Å². The van der Waals surface area contributed by atoms with E-state index in [9.17, 15) is 0 Å². The minimum absolute atomic E-state index is 0.405. The molecule has 0 aliphatic carbocycles. The average molecular weight is 264 g/mol. The van der Waals surface area contributed by atoms with Crippen LogP contribution in [0.1, 0.15) is 24.0 Å². The highest BCUT2D eigenvalue weighted by Gasteiger charge is 2.21. The highest BCUT2D eigenvalue weighted by Crippen LogP contribution is 2.19. The first kappa shape index (κ1) is 13.2. The first-order valence-corrected chi connectivity index (χ1v) is 6.70. The van der Waals surface area contributed by atoms with E-state index in [1.807, 2.05) is 13.0 Å². The number of nitrogens with two attached hydrogens (primary N) is 1. The molecule has 1 fully saturated rings. The Morgan fingerprint density at radius 2 is 2.44 bits per heavy atom. The summed E-state index contributed by atoms with van der Waals surface area (Å²) in [6.45, 7) is 4.07. The minimum Gasteiger partial charge on any atom is -0.389 e. The van der Waals surface area contributed by atoms with E-state index in [-0.39, 0.29) is 0 Å². The Bertz CT molecular complexity index is 447. The Labute approximate surface area is 114 Å². The molecule has 0 amide bonds. The summed E-state index contributed by atoms with van der Waals surface area (Å²) in [5.41, 5.74) is 7.71. The molecule has 1 aromatic rings. The molecule has 0 saturated carbocycles. The van der Waals surface area contributed by atoms with Gasteiger partial charge in [0.2, 0.25) is 0 Å². The lowest BCUT2D eigenvalue weighted by molar-refractivity contribution is 0.322. The molecule has 1 atom stereocenters. The van der Waals surface area contributed by atoms with E-state index in [1.54, 1.807) is 6.20 Å². The predicted molar refractivity (Wildman–Crippen MR) is 79.0 cm³/mol. The maximum atomic E-state index is 5.77. The van der Waals surface area contributed by atoms with Gasteiger partial charge in [0, 0.05) is 18.8 Å². The largest absolute Gasteiger partial charge is 0.389 e. The zero-order chi connectivity index (χ0) is 13.1. The van der Waals surface area contributed by atoms with Crippen LogP contribution in [0.4, 0.5) is 5.82 Å². The van der Waals surface area contributed by atoms with Crippen LogP contribution in [-0.2, 0) is 0 Å². The van der Waals surface area contributed by atoms with E-state index < -0.39 is 0 Å². The third kappa shape index (κ3) is 2.79. The summed E-state index contributed by atoms with van der Waals surface area (Å²) in [6.07, 6.45) is 4.29. The number of likely N-dealkylation sites (N-methyl/N-ethyl adjacent to an activating group) is 1. The van der Waals surface area contributed by atoms with Crippen LogP contribution in [0.2, 0.25) is 0 Å². The number of pyridine rings is 1. The Balaban J connectivity index is 2.09. The zero-order valence-corrected chi connectivity index (χ0v) is 11.8. The van der Waals surface area contributed by atoms with Crippen molar-refractivity contribution in [3.05, 3.63) is 23.4 Å². The molecule has 2 rings (SSSR count). The molecule has 1 unspecified atom stereocenters. The first-order valence-electron chi connectivity index (χ1n) is 6.29. The molecule has 1 aromatic heterocycles. The molecule has 1 saturated heterocycles. The SMILES string of the molecule is Cc1ccnc(NCC2CCCN2C)c1C(N)=S. The summed E-state index contributed by atoms with van der Waals surface area (Å²) < 4.78 is 0. The van der Waals surface area contributed by atoms with Gasteiger partial charge >= 0.3 is 0 Å². The maximum Gasteiger partial charge on any atom is 0.136 e. The van der Waals surface area contributed by atoms with Crippen LogP contribution in [0.5, 0.6) is 0 Å². The van der Waals surface area contributed by atoms with E-state index in [4.69, 9.17) is 18.0 Å². The van der Waals surface area contributed by atoms with Crippen molar-refractivity contribution < 1.29 is 0 Å². The van der Waals surface area contributed by atoms with E-state index >= 15 is 0 Å². The van der Waals surface area contributed by atoms with Crippen molar-refractivity contribution >= 4 is 23.0 Å². The number of thiocarbonyl (C=S) groups is 1. The smallest absolute Gasteiger partial charge is 0.136 e. The number of hydrogen-bond acceptors (Lipinski definition) is 4. The van der Waals surface area contributed by atoms with Crippen molar-refractivity contribution in [1.82, 2.24) is 9.88 Å². The molecule has 98 valence electrons. The number of likely N-dealkylation sites (tertiary alicyclic amines) is 1. The van der Waals surface area contributed by atoms with Crippen LogP contribution < -0.4 is 11.1 Å². The van der Waals surface area contributed by atoms with Crippen molar-refractivity contribution in [3.8, 4) is 0 Å². The molecule has 0 bridgehead atoms. The van der Waals surface area contributed by atoms with Crippen molar-refractivity contribution in [3.63, 3.8) is 0 Å². The number of aryl methyl sites for hydroxylation is 1. The summed E-state index contributed by atoms with van der Waals surface area (Å²) in [5.74, 6) is 0.808. The summed E-state index contributed by atoms with van der Waals surface area (Å²) in [5, 5.41) is 3.39. The van der Waals surface area contributed by atoms with E-state index in [0.29, 0.717) is 11.0 Å². The molecule has 2 heterocycles. The lowest BCUT2D eigenvalue weighted by Gasteiger charge is -2.21. The van der Waals surface area contributed by atoms with Gasteiger partial charge in [-0.15, -0.1) is 0 Å². The molecule has 1 aliphatic rings. The summed E-state index contributed by atoms with van der Waals surface area (Å²) >= 11 is 5.10. The van der Waals surface area contributed by atoms with Crippen LogP contribution in [0, 0.1) is 6.92 Å². The van der Waals surface area contributed by atoms with Crippen LogP contribution in [-0.4, -0.2) is 41.1 Å². The number of rotatable bonds is 4. The van der Waals surface area contributed by atoms with E-state index in [0.717, 1.165) is 23.5 Å². The Morgan fingerprint density at radius 3 is 3.06 bits per heavy atom. The van der Waals surface area contributed by atoms with E-state index in [2.05, 4.69) is 22.2 Å². The second-order valence-electron chi connectivity index (χ2n) is 4.87. The molecular formula is C13H20N4S. The summed E-state index contributed by atoms with van der Waals surface area (Å²) in [4.78, 5) is 7.13. The standard InChI is InChI=1S/C13H20N4S/c1-9-5-6-15-13(11(9)12(14)18)16-8-10-4-3-7-17(10)2/h5-6,10H,3-4,7-8H2,1-2H3,(H2,14,18)(H,15,16). The molecule has 0 radical (unpaired) electrons. The van der Waals surface area contributed by atoms with Crippen molar-refractivity contribution in [1.29, 1.82) is 0 Å². The van der Waals surface area contributed by atoms with Gasteiger partial charge in [-0.25, -0.2) is 4.98 Å². The van der Waals surface area contributed by atoms with Gasteiger partial charge in [-0.3, -0.25) is 0 Å². The van der Waals surface area contributed by atoms with Gasteiger partial charge in [-0.1, -0.05) is 12.2 Å². The molecule has 18 heavy (non-hydrogen) atoms. The number of anilines is 1. The fourth-order valence-corrected chi connectivity index (χ4v) is 2.71. The van der Waals surface area contributed by atoms with Gasteiger partial charge < -0.3 is 16.0 Å². The Morgan fingerprint density at radius 1 is 1.67 bits per heavy atom. The molecule has 0 spiro atoms. The third-order valence-electron chi connectivity index (χ3n) is 3.58. The van der Waals surface area contributed by atoms with Crippen molar-refractivity contribution in [2.75, 3.05) is 25.5 Å².